The fourth-order valence-corrected chi connectivity index (χ4v) is 2.94. The predicted molar refractivity (Wildman–Crippen MR) is 115 cm³/mol. The molecule has 29 heavy (non-hydrogen) atoms. The van der Waals surface area contributed by atoms with Crippen LogP contribution in [0.25, 0.3) is 0 Å². The molecule has 0 radical (unpaired) electrons. The van der Waals surface area contributed by atoms with Crippen LogP contribution in [-0.2, 0) is 6.61 Å². The third-order valence-electron chi connectivity index (χ3n) is 4.14. The molecule has 150 valence electrons. The highest BCUT2D eigenvalue weighted by molar-refractivity contribution is 6.31. The van der Waals surface area contributed by atoms with Gasteiger partial charge >= 0.3 is 0 Å². The van der Waals surface area contributed by atoms with Gasteiger partial charge < -0.3 is 19.5 Å². The Morgan fingerprint density at radius 2 is 1.48 bits per heavy atom. The van der Waals surface area contributed by atoms with Gasteiger partial charge in [0.25, 0.3) is 5.91 Å². The maximum Gasteiger partial charge on any atom is 0.255 e. The number of halogens is 2. The average molecular weight is 432 g/mol. The molecular formula is C22H19Cl2NO4. The van der Waals surface area contributed by atoms with Crippen LogP contribution >= 0.6 is 23.2 Å². The summed E-state index contributed by atoms with van der Waals surface area (Å²) in [4.78, 5) is 12.7. The molecule has 0 unspecified atom stereocenters. The molecule has 0 aliphatic rings. The zero-order valence-electron chi connectivity index (χ0n) is 15.9. The Kier molecular flexibility index (Phi) is 6.86. The van der Waals surface area contributed by atoms with Crippen LogP contribution in [0.5, 0.6) is 17.2 Å². The van der Waals surface area contributed by atoms with Crippen molar-refractivity contribution in [2.75, 3.05) is 19.5 Å². The lowest BCUT2D eigenvalue weighted by molar-refractivity contribution is 0.102. The number of ether oxygens (including phenoxy) is 3. The van der Waals surface area contributed by atoms with Gasteiger partial charge in [0.2, 0.25) is 0 Å². The Hall–Kier alpha value is -2.89. The lowest BCUT2D eigenvalue weighted by Gasteiger charge is -2.13. The van der Waals surface area contributed by atoms with E-state index in [9.17, 15) is 4.79 Å². The number of hydrogen-bond acceptors (Lipinski definition) is 4. The first-order valence-corrected chi connectivity index (χ1v) is 9.46. The summed E-state index contributed by atoms with van der Waals surface area (Å²) in [7, 11) is 3.04. The van der Waals surface area contributed by atoms with Gasteiger partial charge in [-0.1, -0.05) is 35.3 Å². The summed E-state index contributed by atoms with van der Waals surface area (Å²) >= 11 is 11.9. The third-order valence-corrected chi connectivity index (χ3v) is 4.63. The predicted octanol–water partition coefficient (Wildman–Crippen LogP) is 5.84. The molecule has 0 aliphatic heterocycles. The van der Waals surface area contributed by atoms with E-state index in [1.54, 1.807) is 48.5 Å². The monoisotopic (exact) mass is 431 g/mol. The minimum absolute atomic E-state index is 0.326. The third kappa shape index (κ3) is 5.34. The summed E-state index contributed by atoms with van der Waals surface area (Å²) in [5.41, 5.74) is 1.85. The first kappa shape index (κ1) is 20.8. The summed E-state index contributed by atoms with van der Waals surface area (Å²) in [6.07, 6.45) is 0. The second-order valence-corrected chi connectivity index (χ2v) is 6.95. The van der Waals surface area contributed by atoms with Crippen LogP contribution in [0.4, 0.5) is 5.69 Å². The quantitative estimate of drug-likeness (QED) is 0.510. The van der Waals surface area contributed by atoms with E-state index in [-0.39, 0.29) is 5.91 Å². The normalized spacial score (nSPS) is 10.3. The van der Waals surface area contributed by atoms with Gasteiger partial charge in [0.15, 0.2) is 11.5 Å². The van der Waals surface area contributed by atoms with Gasteiger partial charge in [-0.3, -0.25) is 4.79 Å². The molecule has 0 spiro atoms. The van der Waals surface area contributed by atoms with Crippen molar-refractivity contribution in [1.82, 2.24) is 0 Å². The molecule has 0 fully saturated rings. The van der Waals surface area contributed by atoms with Crippen LogP contribution in [0.3, 0.4) is 0 Å². The highest BCUT2D eigenvalue weighted by Gasteiger charge is 2.14. The van der Waals surface area contributed by atoms with E-state index < -0.39 is 0 Å². The van der Waals surface area contributed by atoms with Gasteiger partial charge in [-0.25, -0.2) is 0 Å². The van der Waals surface area contributed by atoms with Crippen LogP contribution in [0.2, 0.25) is 10.0 Å². The highest BCUT2D eigenvalue weighted by Crippen LogP contribution is 2.31. The van der Waals surface area contributed by atoms with Crippen molar-refractivity contribution in [2.24, 2.45) is 0 Å². The zero-order chi connectivity index (χ0) is 20.8. The Balaban J connectivity index is 1.74. The van der Waals surface area contributed by atoms with Crippen molar-refractivity contribution in [2.45, 2.75) is 6.61 Å². The lowest BCUT2D eigenvalue weighted by Crippen LogP contribution is -2.13. The van der Waals surface area contributed by atoms with E-state index in [1.165, 1.54) is 14.2 Å². The van der Waals surface area contributed by atoms with Crippen LogP contribution < -0.4 is 19.5 Å². The van der Waals surface area contributed by atoms with Gasteiger partial charge in [0, 0.05) is 15.6 Å². The minimum Gasteiger partial charge on any atom is -0.495 e. The van der Waals surface area contributed by atoms with Gasteiger partial charge in [0.1, 0.15) is 12.4 Å². The van der Waals surface area contributed by atoms with E-state index in [1.807, 2.05) is 12.1 Å². The van der Waals surface area contributed by atoms with Gasteiger partial charge in [0.05, 0.1) is 19.9 Å². The van der Waals surface area contributed by atoms with Gasteiger partial charge in [-0.05, 0) is 54.1 Å². The Morgan fingerprint density at radius 3 is 2.17 bits per heavy atom. The first-order valence-electron chi connectivity index (χ1n) is 8.70. The van der Waals surface area contributed by atoms with E-state index >= 15 is 0 Å². The minimum atomic E-state index is -0.326. The molecule has 0 aliphatic carbocycles. The highest BCUT2D eigenvalue weighted by atomic mass is 35.5. The number of carbonyl (C=O) groups excluding carboxylic acids is 1. The maximum atomic E-state index is 12.7. The standard InChI is InChI=1S/C22H19Cl2NO4/c1-27-19-10-8-17(24)12-18(19)25-22(26)15-5-9-20(21(11-15)28-2)29-13-14-3-6-16(23)7-4-14/h3-12H,13H2,1-2H3,(H,25,26). The molecule has 1 amide bonds. The molecule has 0 atom stereocenters. The molecule has 3 rings (SSSR count). The number of hydrogen-bond donors (Lipinski definition) is 1. The molecule has 3 aromatic rings. The number of carbonyl (C=O) groups is 1. The molecule has 0 aromatic heterocycles. The van der Waals surface area contributed by atoms with Crippen molar-refractivity contribution in [1.29, 1.82) is 0 Å². The number of benzene rings is 3. The molecule has 0 saturated heterocycles. The molecule has 0 heterocycles. The van der Waals surface area contributed by atoms with Crippen molar-refractivity contribution in [3.63, 3.8) is 0 Å². The fraction of sp³-hybridized carbons (Fsp3) is 0.136. The van der Waals surface area contributed by atoms with Gasteiger partial charge in [-0.15, -0.1) is 0 Å². The molecule has 3 aromatic carbocycles. The Labute approximate surface area is 179 Å². The van der Waals surface area contributed by atoms with E-state index in [0.717, 1.165) is 5.56 Å². The molecule has 5 nitrogen and oxygen atoms in total. The van der Waals surface area contributed by atoms with Crippen molar-refractivity contribution < 1.29 is 19.0 Å². The van der Waals surface area contributed by atoms with Crippen molar-refractivity contribution >= 4 is 34.8 Å². The topological polar surface area (TPSA) is 56.8 Å². The van der Waals surface area contributed by atoms with Crippen molar-refractivity contribution in [3.8, 4) is 17.2 Å². The van der Waals surface area contributed by atoms with Crippen LogP contribution in [0.1, 0.15) is 15.9 Å². The Bertz CT molecular complexity index is 1010. The lowest BCUT2D eigenvalue weighted by atomic mass is 10.1. The summed E-state index contributed by atoms with van der Waals surface area (Å²) < 4.78 is 16.5. The summed E-state index contributed by atoms with van der Waals surface area (Å²) in [6.45, 7) is 0.346. The number of nitrogens with one attached hydrogen (secondary N) is 1. The number of rotatable bonds is 7. The van der Waals surface area contributed by atoms with E-state index in [2.05, 4.69) is 5.32 Å². The molecule has 1 N–H and O–H groups in total. The van der Waals surface area contributed by atoms with Gasteiger partial charge in [-0.2, -0.15) is 0 Å². The molecule has 7 heteroatoms. The maximum absolute atomic E-state index is 12.7. The number of amides is 1. The van der Waals surface area contributed by atoms with Crippen molar-refractivity contribution in [3.05, 3.63) is 81.8 Å². The summed E-state index contributed by atoms with van der Waals surface area (Å²) in [5.74, 6) is 1.16. The Morgan fingerprint density at radius 1 is 0.828 bits per heavy atom. The zero-order valence-corrected chi connectivity index (χ0v) is 17.4. The van der Waals surface area contributed by atoms with E-state index in [4.69, 9.17) is 37.4 Å². The van der Waals surface area contributed by atoms with Crippen LogP contribution in [0, 0.1) is 0 Å². The SMILES string of the molecule is COc1ccc(Cl)cc1NC(=O)c1ccc(OCc2ccc(Cl)cc2)c(OC)c1. The first-order chi connectivity index (χ1) is 14.0. The second kappa shape index (κ2) is 9.54. The number of methoxy groups -OCH3 is 2. The molecular weight excluding hydrogens is 413 g/mol. The van der Waals surface area contributed by atoms with Crippen LogP contribution in [0.15, 0.2) is 60.7 Å². The molecule has 0 saturated carbocycles. The molecule has 0 bridgehead atoms. The largest absolute Gasteiger partial charge is 0.495 e. The fourth-order valence-electron chi connectivity index (χ4n) is 2.64. The summed E-state index contributed by atoms with van der Waals surface area (Å²) in [6, 6.07) is 17.3. The second-order valence-electron chi connectivity index (χ2n) is 6.08. The summed E-state index contributed by atoms with van der Waals surface area (Å²) in [5, 5.41) is 3.95. The number of anilines is 1. The van der Waals surface area contributed by atoms with Crippen LogP contribution in [-0.4, -0.2) is 20.1 Å². The smallest absolute Gasteiger partial charge is 0.255 e. The van der Waals surface area contributed by atoms with E-state index in [0.29, 0.717) is 45.2 Å². The average Bonchev–Trinajstić information content (AvgIpc) is 2.73.